The van der Waals surface area contributed by atoms with E-state index in [-0.39, 0.29) is 18.7 Å². The second-order valence-electron chi connectivity index (χ2n) is 10.9. The molecular formula is C34H39N5O2. The molecule has 0 spiro atoms. The lowest BCUT2D eigenvalue weighted by Gasteiger charge is -2.35. The maximum absolute atomic E-state index is 12.4. The first-order valence-electron chi connectivity index (χ1n) is 14.4. The van der Waals surface area contributed by atoms with Gasteiger partial charge in [0.1, 0.15) is 0 Å². The third-order valence-corrected chi connectivity index (χ3v) is 7.85. The molecule has 7 heteroatoms. The van der Waals surface area contributed by atoms with Gasteiger partial charge in [0, 0.05) is 38.6 Å². The number of carbonyl (C=O) groups excluding carboxylic acids is 1. The van der Waals surface area contributed by atoms with Crippen LogP contribution in [0.4, 0.5) is 4.79 Å². The summed E-state index contributed by atoms with van der Waals surface area (Å²) < 4.78 is 0. The molecule has 0 unspecified atom stereocenters. The molecule has 2 heterocycles. The van der Waals surface area contributed by atoms with Crippen molar-refractivity contribution in [2.45, 2.75) is 71.9 Å². The Kier molecular flexibility index (Phi) is 9.39. The van der Waals surface area contributed by atoms with Gasteiger partial charge in [0.05, 0.1) is 24.0 Å². The second-order valence-corrected chi connectivity index (χ2v) is 10.9. The van der Waals surface area contributed by atoms with Crippen LogP contribution >= 0.6 is 0 Å². The summed E-state index contributed by atoms with van der Waals surface area (Å²) in [6.45, 7) is 6.33. The number of hydrogen-bond acceptors (Lipinski definition) is 5. The number of nitrogens with zero attached hydrogens (tertiary/aromatic N) is 3. The van der Waals surface area contributed by atoms with Crippen LogP contribution in [0.5, 0.6) is 0 Å². The first-order valence-corrected chi connectivity index (χ1v) is 14.4. The van der Waals surface area contributed by atoms with Crippen LogP contribution in [0.3, 0.4) is 0 Å². The van der Waals surface area contributed by atoms with Crippen molar-refractivity contribution in [3.8, 4) is 0 Å². The van der Waals surface area contributed by atoms with Crippen molar-refractivity contribution in [1.82, 2.24) is 25.5 Å². The molecule has 41 heavy (non-hydrogen) atoms. The topological polar surface area (TPSA) is 90.4 Å². The number of rotatable bonds is 10. The third kappa shape index (κ3) is 7.37. The normalized spacial score (nSPS) is 14.5. The molecule has 1 aliphatic rings. The average molecular weight is 550 g/mol. The van der Waals surface area contributed by atoms with E-state index >= 15 is 0 Å². The van der Waals surface area contributed by atoms with E-state index in [0.29, 0.717) is 26.2 Å². The molecule has 2 aromatic heterocycles. The van der Waals surface area contributed by atoms with Crippen LogP contribution in [0.25, 0.3) is 0 Å². The van der Waals surface area contributed by atoms with Gasteiger partial charge in [-0.05, 0) is 78.1 Å². The first kappa shape index (κ1) is 28.5. The molecular weight excluding hydrogens is 510 g/mol. The molecule has 2 amide bonds. The fourth-order valence-corrected chi connectivity index (χ4v) is 5.65. The summed E-state index contributed by atoms with van der Waals surface area (Å²) in [5.41, 5.74) is 9.79. The monoisotopic (exact) mass is 549 g/mol. The molecule has 0 radical (unpaired) electrons. The van der Waals surface area contributed by atoms with Gasteiger partial charge in [0.25, 0.3) is 0 Å². The summed E-state index contributed by atoms with van der Waals surface area (Å²) in [4.78, 5) is 24.4. The minimum absolute atomic E-state index is 0.0709. The van der Waals surface area contributed by atoms with Crippen molar-refractivity contribution in [2.75, 3.05) is 0 Å². The van der Waals surface area contributed by atoms with Crippen LogP contribution in [-0.2, 0) is 39.2 Å². The van der Waals surface area contributed by atoms with Crippen molar-refractivity contribution in [1.29, 1.82) is 0 Å². The quantitative estimate of drug-likeness (QED) is 0.237. The van der Waals surface area contributed by atoms with E-state index in [1.807, 2.05) is 60.9 Å². The summed E-state index contributed by atoms with van der Waals surface area (Å²) in [5, 5.41) is 16.2. The number of aliphatic hydroxyl groups is 1. The summed E-state index contributed by atoms with van der Waals surface area (Å²) in [5.74, 6) is 0. The van der Waals surface area contributed by atoms with E-state index < -0.39 is 0 Å². The molecule has 2 aromatic carbocycles. The van der Waals surface area contributed by atoms with E-state index in [2.05, 4.69) is 47.6 Å². The highest BCUT2D eigenvalue weighted by Gasteiger charge is 2.28. The summed E-state index contributed by atoms with van der Waals surface area (Å²) in [6, 6.07) is 22.3. The zero-order chi connectivity index (χ0) is 28.6. The Morgan fingerprint density at radius 1 is 0.927 bits per heavy atom. The molecule has 0 aliphatic heterocycles. The number of urea groups is 1. The second kappa shape index (κ2) is 13.5. The van der Waals surface area contributed by atoms with Crippen molar-refractivity contribution in [3.05, 3.63) is 129 Å². The Balaban J connectivity index is 1.32. The minimum Gasteiger partial charge on any atom is -0.392 e. The van der Waals surface area contributed by atoms with Crippen LogP contribution in [0.15, 0.2) is 79.1 Å². The highest BCUT2D eigenvalue weighted by atomic mass is 16.3. The van der Waals surface area contributed by atoms with Crippen LogP contribution < -0.4 is 10.6 Å². The molecule has 212 valence electrons. The number of fused-ring (bicyclic) bond motifs is 1. The van der Waals surface area contributed by atoms with Gasteiger partial charge >= 0.3 is 6.03 Å². The van der Waals surface area contributed by atoms with Crippen molar-refractivity contribution in [3.63, 3.8) is 0 Å². The first-order chi connectivity index (χ1) is 20.0. The molecule has 5 rings (SSSR count). The molecule has 0 saturated carbocycles. The Bertz CT molecular complexity index is 1470. The standard InChI is InChI=1S/C34H39N5O2/c1-24-16-25(2)31(36-18-24)22-39(32-12-6-10-28-11-7-15-35-33(28)32)21-29-14-13-27(17-30(29)23-40)20-38-34(41)37-19-26-8-4-3-5-9-26/h3-5,7-9,11,13-18,32,40H,6,10,12,19-23H2,1-2H3,(H2,37,38,41)/t32-/m0/s1. The maximum atomic E-state index is 12.4. The van der Waals surface area contributed by atoms with E-state index in [9.17, 15) is 9.90 Å². The molecule has 0 bridgehead atoms. The summed E-state index contributed by atoms with van der Waals surface area (Å²) in [7, 11) is 0. The lowest BCUT2D eigenvalue weighted by Crippen LogP contribution is -2.34. The molecule has 1 aliphatic carbocycles. The molecule has 3 N–H and O–H groups in total. The van der Waals surface area contributed by atoms with Crippen LogP contribution in [0.2, 0.25) is 0 Å². The van der Waals surface area contributed by atoms with E-state index in [1.165, 1.54) is 11.1 Å². The third-order valence-electron chi connectivity index (χ3n) is 7.85. The number of aliphatic hydroxyl groups excluding tert-OH is 1. The van der Waals surface area contributed by atoms with Crippen molar-refractivity contribution < 1.29 is 9.90 Å². The Hall–Kier alpha value is -4.07. The van der Waals surface area contributed by atoms with Gasteiger partial charge in [-0.2, -0.15) is 0 Å². The number of hydrogen-bond donors (Lipinski definition) is 3. The fourth-order valence-electron chi connectivity index (χ4n) is 5.65. The SMILES string of the molecule is Cc1cnc(CN(Cc2ccc(CNC(=O)NCc3ccccc3)cc2CO)[C@H]2CCCc3cccnc32)c(C)c1. The summed E-state index contributed by atoms with van der Waals surface area (Å²) in [6.07, 6.45) is 7.03. The molecule has 0 fully saturated rings. The lowest BCUT2D eigenvalue weighted by molar-refractivity contribution is 0.153. The lowest BCUT2D eigenvalue weighted by atomic mass is 9.90. The molecule has 7 nitrogen and oxygen atoms in total. The Labute approximate surface area is 242 Å². The predicted octanol–water partition coefficient (Wildman–Crippen LogP) is 5.66. The molecule has 4 aromatic rings. The van der Waals surface area contributed by atoms with E-state index in [4.69, 9.17) is 9.97 Å². The van der Waals surface area contributed by atoms with Gasteiger partial charge in [-0.15, -0.1) is 0 Å². The van der Waals surface area contributed by atoms with Crippen LogP contribution in [0.1, 0.15) is 69.2 Å². The van der Waals surface area contributed by atoms with Gasteiger partial charge in [-0.3, -0.25) is 14.9 Å². The fraction of sp³-hybridized carbons (Fsp3) is 0.324. The zero-order valence-electron chi connectivity index (χ0n) is 23.9. The Morgan fingerprint density at radius 3 is 2.51 bits per heavy atom. The van der Waals surface area contributed by atoms with Crippen molar-refractivity contribution in [2.24, 2.45) is 0 Å². The number of benzene rings is 2. The van der Waals surface area contributed by atoms with Crippen molar-refractivity contribution >= 4 is 6.03 Å². The minimum atomic E-state index is -0.223. The van der Waals surface area contributed by atoms with Gasteiger partial charge in [0.2, 0.25) is 0 Å². The molecule has 0 saturated heterocycles. The predicted molar refractivity (Wildman–Crippen MR) is 161 cm³/mol. The van der Waals surface area contributed by atoms with E-state index in [0.717, 1.165) is 58.5 Å². The molecule has 1 atom stereocenters. The largest absolute Gasteiger partial charge is 0.392 e. The number of nitrogens with one attached hydrogen (secondary N) is 2. The smallest absolute Gasteiger partial charge is 0.315 e. The number of aromatic nitrogens is 2. The highest BCUT2D eigenvalue weighted by molar-refractivity contribution is 5.73. The zero-order valence-corrected chi connectivity index (χ0v) is 23.9. The number of carbonyl (C=O) groups is 1. The number of pyridine rings is 2. The number of aryl methyl sites for hydroxylation is 3. The van der Waals surface area contributed by atoms with Gasteiger partial charge in [0.15, 0.2) is 0 Å². The van der Waals surface area contributed by atoms with Crippen LogP contribution in [-0.4, -0.2) is 26.0 Å². The van der Waals surface area contributed by atoms with E-state index in [1.54, 1.807) is 0 Å². The average Bonchev–Trinajstić information content (AvgIpc) is 3.00. The van der Waals surface area contributed by atoms with Gasteiger partial charge < -0.3 is 15.7 Å². The van der Waals surface area contributed by atoms with Gasteiger partial charge in [-0.1, -0.05) is 60.7 Å². The van der Waals surface area contributed by atoms with Gasteiger partial charge in [-0.25, -0.2) is 4.79 Å². The van der Waals surface area contributed by atoms with Crippen LogP contribution in [0, 0.1) is 13.8 Å². The number of amides is 2. The highest BCUT2D eigenvalue weighted by Crippen LogP contribution is 2.35. The Morgan fingerprint density at radius 2 is 1.73 bits per heavy atom. The summed E-state index contributed by atoms with van der Waals surface area (Å²) >= 11 is 0. The maximum Gasteiger partial charge on any atom is 0.315 e.